The van der Waals surface area contributed by atoms with Crippen molar-refractivity contribution in [3.8, 4) is 0 Å². The number of rotatable bonds is 5. The fourth-order valence-corrected chi connectivity index (χ4v) is 2.90. The Balaban J connectivity index is 1.65. The summed E-state index contributed by atoms with van der Waals surface area (Å²) in [6.07, 6.45) is 3.74. The number of benzene rings is 1. The van der Waals surface area contributed by atoms with Crippen LogP contribution in [0.15, 0.2) is 52.0 Å². The Labute approximate surface area is 133 Å². The minimum absolute atomic E-state index is 0.307. The Morgan fingerprint density at radius 3 is 2.68 bits per heavy atom. The maximum atomic E-state index is 5.48. The SMILES string of the molecule is Cc1ccc(/C=C/c2nc(SC(C)c3ccccc3)n[nH]2)o1. The molecule has 5 heteroatoms. The second-order valence-corrected chi connectivity index (χ2v) is 6.26. The topological polar surface area (TPSA) is 54.7 Å². The predicted octanol–water partition coefficient (Wildman–Crippen LogP) is 4.73. The smallest absolute Gasteiger partial charge is 0.209 e. The first kappa shape index (κ1) is 14.7. The van der Waals surface area contributed by atoms with Crippen LogP contribution >= 0.6 is 11.8 Å². The quantitative estimate of drug-likeness (QED) is 0.692. The van der Waals surface area contributed by atoms with Crippen LogP contribution < -0.4 is 0 Å². The molecule has 1 N–H and O–H groups in total. The lowest BCUT2D eigenvalue weighted by Crippen LogP contribution is -1.88. The highest BCUT2D eigenvalue weighted by Gasteiger charge is 2.10. The highest BCUT2D eigenvalue weighted by molar-refractivity contribution is 7.99. The van der Waals surface area contributed by atoms with E-state index in [-0.39, 0.29) is 0 Å². The molecule has 0 saturated carbocycles. The molecule has 1 unspecified atom stereocenters. The lowest BCUT2D eigenvalue weighted by Gasteiger charge is -2.07. The molecule has 112 valence electrons. The first-order valence-electron chi connectivity index (χ1n) is 7.09. The van der Waals surface area contributed by atoms with E-state index in [9.17, 15) is 0 Å². The molecule has 4 nitrogen and oxygen atoms in total. The molecule has 0 amide bonds. The molecule has 0 aliphatic carbocycles. The molecule has 0 aliphatic heterocycles. The largest absolute Gasteiger partial charge is 0.462 e. The van der Waals surface area contributed by atoms with Crippen molar-refractivity contribution in [2.75, 3.05) is 0 Å². The monoisotopic (exact) mass is 311 g/mol. The fraction of sp³-hybridized carbons (Fsp3) is 0.176. The van der Waals surface area contributed by atoms with E-state index in [2.05, 4.69) is 34.2 Å². The maximum Gasteiger partial charge on any atom is 0.209 e. The van der Waals surface area contributed by atoms with Crippen molar-refractivity contribution in [1.29, 1.82) is 0 Å². The maximum absolute atomic E-state index is 5.48. The van der Waals surface area contributed by atoms with Gasteiger partial charge in [0.25, 0.3) is 0 Å². The van der Waals surface area contributed by atoms with Gasteiger partial charge in [0, 0.05) is 5.25 Å². The van der Waals surface area contributed by atoms with Crippen molar-refractivity contribution < 1.29 is 4.42 Å². The average Bonchev–Trinajstić information content (AvgIpc) is 3.15. The van der Waals surface area contributed by atoms with Gasteiger partial charge in [0.05, 0.1) is 0 Å². The summed E-state index contributed by atoms with van der Waals surface area (Å²) in [5.74, 6) is 2.42. The van der Waals surface area contributed by atoms with E-state index in [1.54, 1.807) is 11.8 Å². The zero-order valence-corrected chi connectivity index (χ0v) is 13.3. The van der Waals surface area contributed by atoms with Gasteiger partial charge in [-0.25, -0.2) is 4.98 Å². The molecule has 2 heterocycles. The summed E-state index contributed by atoms with van der Waals surface area (Å²) in [4.78, 5) is 4.47. The van der Waals surface area contributed by atoms with Crippen molar-refractivity contribution in [3.05, 3.63) is 65.4 Å². The summed E-state index contributed by atoms with van der Waals surface area (Å²) < 4.78 is 5.48. The summed E-state index contributed by atoms with van der Waals surface area (Å²) in [6, 6.07) is 14.2. The van der Waals surface area contributed by atoms with Gasteiger partial charge in [-0.15, -0.1) is 5.10 Å². The van der Waals surface area contributed by atoms with Crippen molar-refractivity contribution >= 4 is 23.9 Å². The van der Waals surface area contributed by atoms with E-state index < -0.39 is 0 Å². The van der Waals surface area contributed by atoms with E-state index in [0.29, 0.717) is 5.25 Å². The molecule has 2 aromatic heterocycles. The van der Waals surface area contributed by atoms with Gasteiger partial charge in [-0.3, -0.25) is 5.10 Å². The van der Waals surface area contributed by atoms with E-state index >= 15 is 0 Å². The summed E-state index contributed by atoms with van der Waals surface area (Å²) in [5, 5.41) is 8.22. The Bertz CT molecular complexity index is 761. The van der Waals surface area contributed by atoms with Crippen LogP contribution in [0.2, 0.25) is 0 Å². The van der Waals surface area contributed by atoms with Gasteiger partial charge in [0.15, 0.2) is 0 Å². The molecular formula is C17H17N3OS. The summed E-state index contributed by atoms with van der Waals surface area (Å²) in [7, 11) is 0. The van der Waals surface area contributed by atoms with Crippen LogP contribution in [0.1, 0.15) is 35.1 Å². The van der Waals surface area contributed by atoms with E-state index in [4.69, 9.17) is 4.42 Å². The van der Waals surface area contributed by atoms with Gasteiger partial charge in [-0.1, -0.05) is 42.1 Å². The van der Waals surface area contributed by atoms with Crippen LogP contribution in [0.25, 0.3) is 12.2 Å². The van der Waals surface area contributed by atoms with Crippen molar-refractivity contribution in [2.45, 2.75) is 24.3 Å². The number of furan rings is 1. The molecule has 0 aliphatic rings. The van der Waals surface area contributed by atoms with Crippen LogP contribution in [0.5, 0.6) is 0 Å². The Hall–Kier alpha value is -2.27. The van der Waals surface area contributed by atoms with Gasteiger partial charge in [0.1, 0.15) is 17.3 Å². The number of nitrogens with one attached hydrogen (secondary N) is 1. The molecule has 0 radical (unpaired) electrons. The van der Waals surface area contributed by atoms with Crippen LogP contribution in [0.4, 0.5) is 0 Å². The summed E-state index contributed by atoms with van der Waals surface area (Å²) >= 11 is 1.63. The second-order valence-electron chi connectivity index (χ2n) is 4.96. The van der Waals surface area contributed by atoms with Crippen LogP contribution in [0.3, 0.4) is 0 Å². The minimum atomic E-state index is 0.307. The first-order valence-corrected chi connectivity index (χ1v) is 7.97. The minimum Gasteiger partial charge on any atom is -0.462 e. The van der Waals surface area contributed by atoms with Gasteiger partial charge < -0.3 is 4.42 Å². The van der Waals surface area contributed by atoms with Gasteiger partial charge in [0.2, 0.25) is 5.16 Å². The third kappa shape index (κ3) is 3.68. The number of aryl methyl sites for hydroxylation is 1. The van der Waals surface area contributed by atoms with Gasteiger partial charge in [-0.05, 0) is 43.7 Å². The highest BCUT2D eigenvalue weighted by atomic mass is 32.2. The molecule has 0 fully saturated rings. The highest BCUT2D eigenvalue weighted by Crippen LogP contribution is 2.32. The van der Waals surface area contributed by atoms with Crippen LogP contribution in [-0.4, -0.2) is 15.2 Å². The molecule has 3 rings (SSSR count). The molecule has 1 aromatic carbocycles. The molecule has 22 heavy (non-hydrogen) atoms. The zero-order chi connectivity index (χ0) is 15.4. The Kier molecular flexibility index (Phi) is 4.44. The number of aromatic amines is 1. The zero-order valence-electron chi connectivity index (χ0n) is 12.5. The predicted molar refractivity (Wildman–Crippen MR) is 89.5 cm³/mol. The molecule has 0 bridgehead atoms. The molecular weight excluding hydrogens is 294 g/mol. The molecule has 0 spiro atoms. The van der Waals surface area contributed by atoms with Crippen molar-refractivity contribution in [1.82, 2.24) is 15.2 Å². The fourth-order valence-electron chi connectivity index (χ4n) is 2.04. The van der Waals surface area contributed by atoms with Crippen LogP contribution in [0, 0.1) is 6.92 Å². The third-order valence-corrected chi connectivity index (χ3v) is 4.22. The summed E-state index contributed by atoms with van der Waals surface area (Å²) in [5.41, 5.74) is 1.26. The Morgan fingerprint density at radius 1 is 1.14 bits per heavy atom. The lowest BCUT2D eigenvalue weighted by atomic mass is 10.2. The third-order valence-electron chi connectivity index (χ3n) is 3.20. The molecule has 0 saturated heterocycles. The second kappa shape index (κ2) is 6.66. The molecule has 3 aromatic rings. The number of nitrogens with zero attached hydrogens (tertiary/aromatic N) is 2. The summed E-state index contributed by atoms with van der Waals surface area (Å²) in [6.45, 7) is 4.07. The standard InChI is InChI=1S/C17H17N3OS/c1-12-8-9-15(21-12)10-11-16-18-17(20-19-16)22-13(2)14-6-4-3-5-7-14/h3-11,13H,1-2H3,(H,18,19,20)/b11-10+. The van der Waals surface area contributed by atoms with Crippen LogP contribution in [-0.2, 0) is 0 Å². The molecule has 1 atom stereocenters. The number of thioether (sulfide) groups is 1. The Morgan fingerprint density at radius 2 is 1.95 bits per heavy atom. The average molecular weight is 311 g/mol. The number of H-pyrrole nitrogens is 1. The van der Waals surface area contributed by atoms with Crippen molar-refractivity contribution in [3.63, 3.8) is 0 Å². The number of hydrogen-bond acceptors (Lipinski definition) is 4. The first-order chi connectivity index (χ1) is 10.7. The van der Waals surface area contributed by atoms with Gasteiger partial charge >= 0.3 is 0 Å². The number of hydrogen-bond donors (Lipinski definition) is 1. The van der Waals surface area contributed by atoms with E-state index in [1.165, 1.54) is 5.56 Å². The number of aromatic nitrogens is 3. The van der Waals surface area contributed by atoms with Gasteiger partial charge in [-0.2, -0.15) is 0 Å². The normalized spacial score (nSPS) is 12.8. The van der Waals surface area contributed by atoms with E-state index in [0.717, 1.165) is 22.5 Å². The van der Waals surface area contributed by atoms with E-state index in [1.807, 2.05) is 49.4 Å². The van der Waals surface area contributed by atoms with Crippen molar-refractivity contribution in [2.24, 2.45) is 0 Å². The lowest BCUT2D eigenvalue weighted by molar-refractivity contribution is 0.525.